The van der Waals surface area contributed by atoms with Crippen LogP contribution >= 0.6 is 11.3 Å². The van der Waals surface area contributed by atoms with E-state index in [1.54, 1.807) is 0 Å². The Bertz CT molecular complexity index is 1370. The molecule has 2 N–H and O–H groups in total. The van der Waals surface area contributed by atoms with Crippen LogP contribution in [0.2, 0.25) is 0 Å². The van der Waals surface area contributed by atoms with E-state index in [4.69, 9.17) is 0 Å². The molecule has 0 saturated carbocycles. The number of hydrogen-bond acceptors (Lipinski definition) is 5. The van der Waals surface area contributed by atoms with Crippen LogP contribution in [-0.2, 0) is 16.4 Å². The summed E-state index contributed by atoms with van der Waals surface area (Å²) >= 11 is 1.33. The summed E-state index contributed by atoms with van der Waals surface area (Å²) in [5.74, 6) is -0.878. The average Bonchev–Trinajstić information content (AvgIpc) is 3.28. The lowest BCUT2D eigenvalue weighted by Crippen LogP contribution is -2.14. The predicted octanol–water partition coefficient (Wildman–Crippen LogP) is 5.56. The van der Waals surface area contributed by atoms with Crippen LogP contribution < -0.4 is 10.0 Å². The summed E-state index contributed by atoms with van der Waals surface area (Å²) in [6.45, 7) is 2.10. The van der Waals surface area contributed by atoms with Gasteiger partial charge in [-0.3, -0.25) is 14.8 Å². The van der Waals surface area contributed by atoms with Gasteiger partial charge in [0.2, 0.25) is 0 Å². The van der Waals surface area contributed by atoms with Crippen LogP contribution in [0.25, 0.3) is 11.3 Å². The number of nitrogens with one attached hydrogen (secondary N) is 2. The number of carbonyl (C=O) groups is 1. The average molecular weight is 482 g/mol. The smallest absolute Gasteiger partial charge is 0.261 e. The molecule has 4 aromatic rings. The van der Waals surface area contributed by atoms with Crippen molar-refractivity contribution in [2.24, 2.45) is 0 Å². The molecule has 0 aliphatic rings. The fourth-order valence-corrected chi connectivity index (χ4v) is 4.84. The molecule has 0 atom stereocenters. The minimum Gasteiger partial charge on any atom is -0.298 e. The Balaban J connectivity index is 1.41. The van der Waals surface area contributed by atoms with Crippen molar-refractivity contribution in [1.82, 2.24) is 4.98 Å². The van der Waals surface area contributed by atoms with Crippen molar-refractivity contribution >= 4 is 38.1 Å². The standard InChI is InChI=1S/C24H20FN3O3S2/c1-2-16-3-5-17(6-4-16)22-15-32-24(26-22)27-23(29)18-7-11-20(12-8-18)28-33(30,31)21-13-9-19(25)10-14-21/h3-15,28H,2H2,1H3,(H,26,27,29). The van der Waals surface area contributed by atoms with E-state index < -0.39 is 15.8 Å². The zero-order chi connectivity index (χ0) is 23.4. The number of halogens is 1. The van der Waals surface area contributed by atoms with E-state index in [0.717, 1.165) is 29.8 Å². The van der Waals surface area contributed by atoms with Gasteiger partial charge < -0.3 is 0 Å². The van der Waals surface area contributed by atoms with Crippen LogP contribution in [0.5, 0.6) is 0 Å². The minimum atomic E-state index is -3.87. The van der Waals surface area contributed by atoms with Crippen molar-refractivity contribution in [2.45, 2.75) is 18.2 Å². The van der Waals surface area contributed by atoms with Gasteiger partial charge in [-0.25, -0.2) is 17.8 Å². The van der Waals surface area contributed by atoms with Crippen LogP contribution in [0, 0.1) is 5.82 Å². The van der Waals surface area contributed by atoms with Crippen molar-refractivity contribution in [2.75, 3.05) is 10.0 Å². The molecule has 0 saturated heterocycles. The van der Waals surface area contributed by atoms with E-state index >= 15 is 0 Å². The van der Waals surface area contributed by atoms with Crippen LogP contribution in [0.15, 0.2) is 83.1 Å². The molecule has 4 rings (SSSR count). The first kappa shape index (κ1) is 22.6. The van der Waals surface area contributed by atoms with Crippen LogP contribution in [0.1, 0.15) is 22.8 Å². The number of aromatic nitrogens is 1. The lowest BCUT2D eigenvalue weighted by Gasteiger charge is -2.09. The number of benzene rings is 3. The van der Waals surface area contributed by atoms with Crippen molar-refractivity contribution in [1.29, 1.82) is 0 Å². The predicted molar refractivity (Wildman–Crippen MR) is 129 cm³/mol. The highest BCUT2D eigenvalue weighted by Crippen LogP contribution is 2.26. The largest absolute Gasteiger partial charge is 0.298 e. The molecule has 0 spiro atoms. The summed E-state index contributed by atoms with van der Waals surface area (Å²) in [7, 11) is -3.87. The van der Waals surface area contributed by atoms with Crippen LogP contribution in [0.3, 0.4) is 0 Å². The Morgan fingerprint density at radius 2 is 1.64 bits per heavy atom. The topological polar surface area (TPSA) is 88.2 Å². The minimum absolute atomic E-state index is 0.0605. The Hall–Kier alpha value is -3.56. The molecular formula is C24H20FN3O3S2. The first-order chi connectivity index (χ1) is 15.8. The highest BCUT2D eigenvalue weighted by molar-refractivity contribution is 7.92. The molecule has 1 aromatic heterocycles. The van der Waals surface area contributed by atoms with Gasteiger partial charge in [-0.2, -0.15) is 0 Å². The monoisotopic (exact) mass is 481 g/mol. The maximum Gasteiger partial charge on any atom is 0.261 e. The summed E-state index contributed by atoms with van der Waals surface area (Å²) in [5, 5.41) is 5.11. The van der Waals surface area contributed by atoms with Gasteiger partial charge in [0.15, 0.2) is 5.13 Å². The van der Waals surface area contributed by atoms with Crippen molar-refractivity contribution < 1.29 is 17.6 Å². The van der Waals surface area contributed by atoms with Gasteiger partial charge in [-0.15, -0.1) is 11.3 Å². The van der Waals surface area contributed by atoms with E-state index in [-0.39, 0.29) is 16.5 Å². The molecule has 1 heterocycles. The second kappa shape index (κ2) is 9.51. The van der Waals surface area contributed by atoms with Gasteiger partial charge in [0, 0.05) is 22.2 Å². The highest BCUT2D eigenvalue weighted by Gasteiger charge is 2.15. The fraction of sp³-hybridized carbons (Fsp3) is 0.0833. The molecule has 1 amide bonds. The first-order valence-electron chi connectivity index (χ1n) is 10.1. The summed E-state index contributed by atoms with van der Waals surface area (Å²) in [6, 6.07) is 18.6. The van der Waals surface area contributed by atoms with Crippen molar-refractivity contribution in [3.05, 3.63) is 95.1 Å². The molecule has 0 bridgehead atoms. The molecule has 0 fully saturated rings. The number of thiazole rings is 1. The maximum absolute atomic E-state index is 13.0. The number of hydrogen-bond donors (Lipinski definition) is 2. The van der Waals surface area contributed by atoms with E-state index in [0.29, 0.717) is 10.7 Å². The highest BCUT2D eigenvalue weighted by atomic mass is 32.2. The van der Waals surface area contributed by atoms with Gasteiger partial charge in [0.1, 0.15) is 5.82 Å². The molecular weight excluding hydrogens is 461 g/mol. The number of rotatable bonds is 7. The third-order valence-corrected chi connectivity index (χ3v) is 7.06. The number of carbonyl (C=O) groups excluding carboxylic acids is 1. The van der Waals surface area contributed by atoms with Gasteiger partial charge in [0.25, 0.3) is 15.9 Å². The second-order valence-corrected chi connectivity index (χ2v) is 9.72. The van der Waals surface area contributed by atoms with Gasteiger partial charge in [-0.05, 0) is 60.5 Å². The Kier molecular flexibility index (Phi) is 6.52. The SMILES string of the molecule is CCc1ccc(-c2csc(NC(=O)c3ccc(NS(=O)(=O)c4ccc(F)cc4)cc3)n2)cc1. The fourth-order valence-electron chi connectivity index (χ4n) is 3.06. The van der Waals surface area contributed by atoms with Gasteiger partial charge in [-0.1, -0.05) is 31.2 Å². The Morgan fingerprint density at radius 1 is 0.970 bits per heavy atom. The summed E-state index contributed by atoms with van der Waals surface area (Å²) in [5.41, 5.74) is 3.63. The molecule has 33 heavy (non-hydrogen) atoms. The van der Waals surface area contributed by atoms with Crippen LogP contribution in [0.4, 0.5) is 15.2 Å². The van der Waals surface area contributed by atoms with Gasteiger partial charge in [0.05, 0.1) is 10.6 Å². The zero-order valence-corrected chi connectivity index (χ0v) is 19.2. The lowest BCUT2D eigenvalue weighted by atomic mass is 10.1. The third-order valence-electron chi connectivity index (χ3n) is 4.91. The molecule has 0 unspecified atom stereocenters. The molecule has 0 aliphatic heterocycles. The van der Waals surface area contributed by atoms with E-state index in [1.165, 1.54) is 53.3 Å². The molecule has 3 aromatic carbocycles. The maximum atomic E-state index is 13.0. The molecule has 0 radical (unpaired) electrons. The zero-order valence-electron chi connectivity index (χ0n) is 17.6. The van der Waals surface area contributed by atoms with Crippen molar-refractivity contribution in [3.8, 4) is 11.3 Å². The summed E-state index contributed by atoms with van der Waals surface area (Å²) in [6.07, 6.45) is 0.963. The summed E-state index contributed by atoms with van der Waals surface area (Å²) in [4.78, 5) is 17.0. The number of amides is 1. The number of sulfonamides is 1. The molecule has 168 valence electrons. The number of anilines is 2. The van der Waals surface area contributed by atoms with E-state index in [9.17, 15) is 17.6 Å². The molecule has 0 aliphatic carbocycles. The third kappa shape index (κ3) is 5.44. The molecule has 9 heteroatoms. The van der Waals surface area contributed by atoms with Crippen LogP contribution in [-0.4, -0.2) is 19.3 Å². The van der Waals surface area contributed by atoms with Crippen molar-refractivity contribution in [3.63, 3.8) is 0 Å². The lowest BCUT2D eigenvalue weighted by molar-refractivity contribution is 0.102. The quantitative estimate of drug-likeness (QED) is 0.361. The summed E-state index contributed by atoms with van der Waals surface area (Å²) < 4.78 is 40.3. The number of aryl methyl sites for hydroxylation is 1. The van der Waals surface area contributed by atoms with E-state index in [2.05, 4.69) is 34.1 Å². The van der Waals surface area contributed by atoms with E-state index in [1.807, 2.05) is 17.5 Å². The second-order valence-electron chi connectivity index (χ2n) is 7.18. The van der Waals surface area contributed by atoms with Gasteiger partial charge >= 0.3 is 0 Å². The Morgan fingerprint density at radius 3 is 2.27 bits per heavy atom. The normalized spacial score (nSPS) is 11.2. The Labute approximate surface area is 195 Å². The first-order valence-corrected chi connectivity index (χ1v) is 12.4. The number of nitrogens with zero attached hydrogens (tertiary/aromatic N) is 1. The molecule has 6 nitrogen and oxygen atoms in total.